The summed E-state index contributed by atoms with van der Waals surface area (Å²) in [5, 5.41) is 5.22. The maximum Gasteiger partial charge on any atom is 0.168 e. The number of nitrogens with zero attached hydrogens (tertiary/aromatic N) is 5. The molecule has 0 radical (unpaired) electrons. The molecule has 1 aromatic carbocycles. The molecule has 0 spiro atoms. The first-order valence-corrected chi connectivity index (χ1v) is 10.9. The molecule has 0 aliphatic carbocycles. The fraction of sp³-hybridized carbons (Fsp3) is 0.273. The fourth-order valence-corrected chi connectivity index (χ4v) is 4.65. The number of pyridine rings is 1. The number of likely N-dealkylation sites (N-methyl/N-ethyl adjacent to an activating group) is 1. The van der Waals surface area contributed by atoms with Crippen LogP contribution in [0.3, 0.4) is 0 Å². The van der Waals surface area contributed by atoms with E-state index in [1.165, 1.54) is 13.2 Å². The van der Waals surface area contributed by atoms with Gasteiger partial charge in [0.25, 0.3) is 0 Å². The first kappa shape index (κ1) is 20.9. The number of ether oxygens (including phenoxy) is 1. The highest BCUT2D eigenvalue weighted by atomic mass is 32.2. The number of hydrogen-bond donors (Lipinski definition) is 1. The van der Waals surface area contributed by atoms with Crippen LogP contribution in [0.1, 0.15) is 0 Å². The molecular weight excluding hydrogens is 434 g/mol. The van der Waals surface area contributed by atoms with E-state index in [0.717, 1.165) is 48.8 Å². The number of halogens is 2. The highest BCUT2D eigenvalue weighted by Crippen LogP contribution is 2.38. The highest BCUT2D eigenvalue weighted by Gasteiger charge is 2.19. The average Bonchev–Trinajstić information content (AvgIpc) is 3.41. The summed E-state index contributed by atoms with van der Waals surface area (Å²) in [5.41, 5.74) is 3.33. The quantitative estimate of drug-likeness (QED) is 0.458. The topological polar surface area (TPSA) is 62.2 Å². The van der Waals surface area contributed by atoms with Crippen LogP contribution >= 0.6 is 12.1 Å². The molecule has 1 aliphatic heterocycles. The van der Waals surface area contributed by atoms with E-state index in [1.807, 2.05) is 16.4 Å². The smallest absolute Gasteiger partial charge is 0.168 e. The average molecular weight is 457 g/mol. The second-order valence-electron chi connectivity index (χ2n) is 7.74. The maximum absolute atomic E-state index is 14.3. The van der Waals surface area contributed by atoms with Crippen molar-refractivity contribution in [2.45, 2.75) is 0 Å². The summed E-state index contributed by atoms with van der Waals surface area (Å²) < 4.78 is 37.5. The van der Waals surface area contributed by atoms with Gasteiger partial charge in [0, 0.05) is 78.5 Å². The summed E-state index contributed by atoms with van der Waals surface area (Å²) in [7, 11) is 3.49. The molecule has 10 heteroatoms. The Kier molecular flexibility index (Phi) is 5.58. The SMILES string of the molecule is COc1c(F)cc(F)cc1-c1c[nH]c2ncc(-c3cnn(SN4CCN(C)CC4)c3)cc12. The minimum absolute atomic E-state index is 0.00546. The number of methoxy groups -OCH3 is 1. The summed E-state index contributed by atoms with van der Waals surface area (Å²) in [6.45, 7) is 4.01. The number of hydrogen-bond acceptors (Lipinski definition) is 6. The van der Waals surface area contributed by atoms with E-state index < -0.39 is 11.6 Å². The van der Waals surface area contributed by atoms with Crippen LogP contribution in [-0.4, -0.2) is 68.7 Å². The molecule has 1 fully saturated rings. The van der Waals surface area contributed by atoms with Crippen molar-refractivity contribution in [3.63, 3.8) is 0 Å². The molecule has 3 aromatic heterocycles. The van der Waals surface area contributed by atoms with Gasteiger partial charge >= 0.3 is 0 Å². The van der Waals surface area contributed by atoms with Crippen LogP contribution in [0, 0.1) is 11.6 Å². The van der Waals surface area contributed by atoms with Crippen LogP contribution in [0.2, 0.25) is 0 Å². The number of aromatic amines is 1. The normalized spacial score (nSPS) is 15.5. The zero-order valence-corrected chi connectivity index (χ0v) is 18.5. The van der Waals surface area contributed by atoms with Crippen LogP contribution in [0.15, 0.2) is 43.0 Å². The van der Waals surface area contributed by atoms with E-state index in [9.17, 15) is 8.78 Å². The third-order valence-corrected chi connectivity index (χ3v) is 6.55. The lowest BCUT2D eigenvalue weighted by Gasteiger charge is -2.30. The molecule has 1 N–H and O–H groups in total. The van der Waals surface area contributed by atoms with Gasteiger partial charge in [-0.1, -0.05) is 0 Å². The van der Waals surface area contributed by atoms with Crippen LogP contribution in [0.25, 0.3) is 33.3 Å². The van der Waals surface area contributed by atoms with Gasteiger partial charge in [-0.2, -0.15) is 9.19 Å². The zero-order chi connectivity index (χ0) is 22.2. The van der Waals surface area contributed by atoms with Gasteiger partial charge in [-0.3, -0.25) is 0 Å². The lowest BCUT2D eigenvalue weighted by atomic mass is 10.0. The Balaban J connectivity index is 1.47. The van der Waals surface area contributed by atoms with Crippen molar-refractivity contribution in [1.82, 2.24) is 28.4 Å². The first-order chi connectivity index (χ1) is 15.5. The summed E-state index contributed by atoms with van der Waals surface area (Å²) in [5.74, 6) is -1.42. The third kappa shape index (κ3) is 3.96. The summed E-state index contributed by atoms with van der Waals surface area (Å²) in [4.78, 5) is 9.87. The van der Waals surface area contributed by atoms with Gasteiger partial charge in [0.05, 0.1) is 25.4 Å². The Hall–Kier alpha value is -2.95. The number of aromatic nitrogens is 4. The Morgan fingerprint density at radius 2 is 1.84 bits per heavy atom. The number of piperazine rings is 1. The molecule has 0 unspecified atom stereocenters. The molecule has 4 aromatic rings. The van der Waals surface area contributed by atoms with Crippen LogP contribution < -0.4 is 4.74 Å². The number of benzene rings is 1. The Bertz CT molecular complexity index is 1260. The van der Waals surface area contributed by atoms with E-state index in [4.69, 9.17) is 4.74 Å². The second-order valence-corrected chi connectivity index (χ2v) is 8.79. The predicted molar refractivity (Wildman–Crippen MR) is 121 cm³/mol. The molecule has 0 bridgehead atoms. The van der Waals surface area contributed by atoms with Gasteiger partial charge in [-0.15, -0.1) is 0 Å². The molecule has 0 saturated carbocycles. The minimum Gasteiger partial charge on any atom is -0.493 e. The van der Waals surface area contributed by atoms with Crippen molar-refractivity contribution < 1.29 is 13.5 Å². The van der Waals surface area contributed by atoms with E-state index >= 15 is 0 Å². The van der Waals surface area contributed by atoms with Crippen molar-refractivity contribution >= 4 is 23.2 Å². The maximum atomic E-state index is 14.3. The van der Waals surface area contributed by atoms with E-state index in [1.54, 1.807) is 30.7 Å². The monoisotopic (exact) mass is 456 g/mol. The lowest BCUT2D eigenvalue weighted by Crippen LogP contribution is -2.41. The minimum atomic E-state index is -0.747. The number of rotatable bonds is 5. The van der Waals surface area contributed by atoms with E-state index in [-0.39, 0.29) is 5.75 Å². The van der Waals surface area contributed by atoms with Crippen LogP contribution in [0.4, 0.5) is 8.78 Å². The molecule has 4 heterocycles. The van der Waals surface area contributed by atoms with Crippen LogP contribution in [0.5, 0.6) is 5.75 Å². The second kappa shape index (κ2) is 8.53. The predicted octanol–water partition coefficient (Wildman–Crippen LogP) is 4.04. The lowest BCUT2D eigenvalue weighted by molar-refractivity contribution is 0.232. The fourth-order valence-electron chi connectivity index (χ4n) is 3.84. The van der Waals surface area contributed by atoms with Gasteiger partial charge in [-0.25, -0.2) is 18.1 Å². The van der Waals surface area contributed by atoms with Gasteiger partial charge < -0.3 is 14.6 Å². The molecule has 166 valence electrons. The Morgan fingerprint density at radius 1 is 1.03 bits per heavy atom. The summed E-state index contributed by atoms with van der Waals surface area (Å²) >= 11 is 1.58. The van der Waals surface area contributed by atoms with Gasteiger partial charge in [-0.05, 0) is 19.2 Å². The van der Waals surface area contributed by atoms with E-state index in [0.29, 0.717) is 16.8 Å². The van der Waals surface area contributed by atoms with Crippen molar-refractivity contribution in [1.29, 1.82) is 0 Å². The van der Waals surface area contributed by atoms with E-state index in [2.05, 4.69) is 31.3 Å². The molecule has 32 heavy (non-hydrogen) atoms. The Labute approximate surface area is 188 Å². The zero-order valence-electron chi connectivity index (χ0n) is 17.7. The molecule has 0 atom stereocenters. The van der Waals surface area contributed by atoms with Crippen molar-refractivity contribution in [2.24, 2.45) is 0 Å². The third-order valence-electron chi connectivity index (χ3n) is 5.59. The number of nitrogens with one attached hydrogen (secondary N) is 1. The highest BCUT2D eigenvalue weighted by molar-refractivity contribution is 7.95. The number of H-pyrrole nitrogens is 1. The molecule has 7 nitrogen and oxygen atoms in total. The van der Waals surface area contributed by atoms with Crippen LogP contribution in [-0.2, 0) is 0 Å². The standard InChI is InChI=1S/C22H22F2N6OS/c1-28-3-5-29(6-4-28)32-30-13-15(11-27-30)14-7-18-19(12-26-22(18)25-10-14)17-8-16(23)9-20(24)21(17)31-2/h7-13H,3-6H2,1-2H3,(H,25,26). The summed E-state index contributed by atoms with van der Waals surface area (Å²) in [6, 6.07) is 4.02. The van der Waals surface area contributed by atoms with Gasteiger partial charge in [0.15, 0.2) is 11.6 Å². The summed E-state index contributed by atoms with van der Waals surface area (Å²) in [6.07, 6.45) is 7.19. The Morgan fingerprint density at radius 3 is 2.62 bits per heavy atom. The van der Waals surface area contributed by atoms with Gasteiger partial charge in [0.2, 0.25) is 0 Å². The molecule has 5 rings (SSSR count). The first-order valence-electron chi connectivity index (χ1n) is 10.2. The molecule has 1 saturated heterocycles. The van der Waals surface area contributed by atoms with Gasteiger partial charge in [0.1, 0.15) is 11.5 Å². The van der Waals surface area contributed by atoms with Crippen molar-refractivity contribution in [3.8, 4) is 28.0 Å². The van der Waals surface area contributed by atoms with Crippen molar-refractivity contribution in [3.05, 3.63) is 54.6 Å². The number of fused-ring (bicyclic) bond motifs is 1. The largest absolute Gasteiger partial charge is 0.493 e. The molecule has 1 aliphatic rings. The molecular formula is C22H22F2N6OS. The molecule has 0 amide bonds. The van der Waals surface area contributed by atoms with Crippen molar-refractivity contribution in [2.75, 3.05) is 40.3 Å².